The number of benzene rings is 1. The van der Waals surface area contributed by atoms with Crippen molar-refractivity contribution in [3.8, 4) is 0 Å². The minimum atomic E-state index is -0.382. The van der Waals surface area contributed by atoms with E-state index in [0.717, 1.165) is 0 Å². The fourth-order valence-electron chi connectivity index (χ4n) is 1.15. The normalized spacial score (nSPS) is 10.1. The largest absolute Gasteiger partial charge is 0.451 e. The topological polar surface area (TPSA) is 55.1 Å². The number of oxazole rings is 1. The highest BCUT2D eigenvalue weighted by atomic mass is 35.5. The van der Waals surface area contributed by atoms with Crippen LogP contribution in [-0.2, 0) is 0 Å². The Hall–Kier alpha value is -1.52. The third kappa shape index (κ3) is 2.53. The van der Waals surface area contributed by atoms with Crippen LogP contribution in [0.3, 0.4) is 0 Å². The molecule has 0 aliphatic carbocycles. The van der Waals surface area contributed by atoms with Crippen molar-refractivity contribution in [2.75, 3.05) is 5.32 Å². The number of carbonyl (C=O) groups is 1. The molecule has 2 aromatic rings. The van der Waals surface area contributed by atoms with Crippen LogP contribution >= 0.6 is 23.2 Å². The highest BCUT2D eigenvalue weighted by molar-refractivity contribution is 6.35. The molecule has 82 valence electrons. The van der Waals surface area contributed by atoms with Crippen LogP contribution in [0.25, 0.3) is 0 Å². The van der Waals surface area contributed by atoms with E-state index in [0.29, 0.717) is 15.7 Å². The molecule has 0 saturated heterocycles. The van der Waals surface area contributed by atoms with Gasteiger partial charge in [-0.2, -0.15) is 0 Å². The van der Waals surface area contributed by atoms with Crippen LogP contribution < -0.4 is 5.32 Å². The van der Waals surface area contributed by atoms with Crippen LogP contribution in [0.5, 0.6) is 0 Å². The fourth-order valence-corrected chi connectivity index (χ4v) is 1.67. The van der Waals surface area contributed by atoms with E-state index in [2.05, 4.69) is 10.3 Å². The zero-order valence-corrected chi connectivity index (χ0v) is 9.42. The van der Waals surface area contributed by atoms with Crippen LogP contribution in [0.2, 0.25) is 10.0 Å². The maximum absolute atomic E-state index is 11.6. The molecule has 0 atom stereocenters. The summed E-state index contributed by atoms with van der Waals surface area (Å²) in [6.45, 7) is 0. The number of rotatable bonds is 2. The summed E-state index contributed by atoms with van der Waals surface area (Å²) in [7, 11) is 0. The zero-order valence-electron chi connectivity index (χ0n) is 7.91. The molecule has 1 aromatic carbocycles. The number of hydrogen-bond acceptors (Lipinski definition) is 3. The van der Waals surface area contributed by atoms with Gasteiger partial charge >= 0.3 is 0 Å². The third-order valence-corrected chi connectivity index (χ3v) is 2.22. The second-order valence-corrected chi connectivity index (χ2v) is 3.86. The number of nitrogens with zero attached hydrogens (tertiary/aromatic N) is 1. The first-order valence-corrected chi connectivity index (χ1v) is 5.06. The molecule has 0 aliphatic rings. The van der Waals surface area contributed by atoms with Gasteiger partial charge in [0.25, 0.3) is 5.91 Å². The Morgan fingerprint density at radius 1 is 1.25 bits per heavy atom. The molecule has 16 heavy (non-hydrogen) atoms. The predicted molar refractivity (Wildman–Crippen MR) is 60.9 cm³/mol. The number of nitrogens with one attached hydrogen (secondary N) is 1. The van der Waals surface area contributed by atoms with Gasteiger partial charge in [-0.25, -0.2) is 4.98 Å². The van der Waals surface area contributed by atoms with Gasteiger partial charge in [0, 0.05) is 15.7 Å². The molecule has 0 bridgehead atoms. The van der Waals surface area contributed by atoms with Gasteiger partial charge in [-0.05, 0) is 18.2 Å². The van der Waals surface area contributed by atoms with E-state index in [9.17, 15) is 4.79 Å². The van der Waals surface area contributed by atoms with Gasteiger partial charge < -0.3 is 9.73 Å². The van der Waals surface area contributed by atoms with Crippen molar-refractivity contribution < 1.29 is 9.21 Å². The lowest BCUT2D eigenvalue weighted by Crippen LogP contribution is -2.12. The number of halogens is 2. The van der Waals surface area contributed by atoms with Crippen molar-refractivity contribution in [2.45, 2.75) is 0 Å². The van der Waals surface area contributed by atoms with Crippen LogP contribution in [0.4, 0.5) is 5.69 Å². The van der Waals surface area contributed by atoms with Crippen molar-refractivity contribution in [2.24, 2.45) is 0 Å². The number of aromatic nitrogens is 1. The fraction of sp³-hybridized carbons (Fsp3) is 0. The molecule has 1 N–H and O–H groups in total. The monoisotopic (exact) mass is 256 g/mol. The van der Waals surface area contributed by atoms with Crippen molar-refractivity contribution in [1.82, 2.24) is 4.98 Å². The summed E-state index contributed by atoms with van der Waals surface area (Å²) in [5.41, 5.74) is 0.696. The van der Waals surface area contributed by atoms with Crippen LogP contribution in [-0.4, -0.2) is 10.9 Å². The van der Waals surface area contributed by atoms with Gasteiger partial charge in [-0.3, -0.25) is 4.79 Å². The van der Waals surface area contributed by atoms with E-state index in [1.165, 1.54) is 12.7 Å². The van der Waals surface area contributed by atoms with E-state index in [4.69, 9.17) is 27.6 Å². The number of amides is 1. The Morgan fingerprint density at radius 3 is 2.50 bits per heavy atom. The molecule has 1 aromatic heterocycles. The minimum Gasteiger partial charge on any atom is -0.451 e. The summed E-state index contributed by atoms with van der Waals surface area (Å²) in [5, 5.41) is 3.49. The lowest BCUT2D eigenvalue weighted by molar-refractivity contribution is 0.102. The molecule has 4 nitrogen and oxygen atoms in total. The predicted octanol–water partition coefficient (Wildman–Crippen LogP) is 3.23. The van der Waals surface area contributed by atoms with Gasteiger partial charge in [0.05, 0.1) is 0 Å². The van der Waals surface area contributed by atoms with E-state index in [1.54, 1.807) is 18.2 Å². The molecule has 1 amide bonds. The molecule has 0 fully saturated rings. The lowest BCUT2D eigenvalue weighted by atomic mass is 10.3. The summed E-state index contributed by atoms with van der Waals surface area (Å²) < 4.78 is 4.70. The van der Waals surface area contributed by atoms with Gasteiger partial charge in [0.15, 0.2) is 12.1 Å². The zero-order chi connectivity index (χ0) is 11.5. The average molecular weight is 257 g/mol. The smallest absolute Gasteiger partial charge is 0.277 e. The van der Waals surface area contributed by atoms with Crippen LogP contribution in [0.1, 0.15) is 10.5 Å². The minimum absolute atomic E-state index is 0.191. The van der Waals surface area contributed by atoms with Crippen molar-refractivity contribution in [3.63, 3.8) is 0 Å². The first kappa shape index (κ1) is 11.0. The second-order valence-electron chi connectivity index (χ2n) is 2.99. The van der Waals surface area contributed by atoms with Crippen LogP contribution in [0.15, 0.2) is 35.3 Å². The molecule has 0 spiro atoms. The molecule has 0 saturated carbocycles. The summed E-state index contributed by atoms with van der Waals surface area (Å²) >= 11 is 11.6. The number of carbonyl (C=O) groups excluding carboxylic acids is 1. The molecule has 0 unspecified atom stereocenters. The van der Waals surface area contributed by atoms with E-state index < -0.39 is 0 Å². The molecular weight excluding hydrogens is 251 g/mol. The average Bonchev–Trinajstić information content (AvgIpc) is 2.68. The summed E-state index contributed by atoms with van der Waals surface area (Å²) in [6, 6.07) is 4.76. The Balaban J connectivity index is 2.18. The van der Waals surface area contributed by atoms with Crippen molar-refractivity contribution in [3.05, 3.63) is 46.6 Å². The van der Waals surface area contributed by atoms with Gasteiger partial charge in [0.2, 0.25) is 0 Å². The van der Waals surface area contributed by atoms with Crippen molar-refractivity contribution in [1.29, 1.82) is 0 Å². The first-order valence-electron chi connectivity index (χ1n) is 4.31. The molecule has 6 heteroatoms. The second kappa shape index (κ2) is 4.55. The summed E-state index contributed by atoms with van der Waals surface area (Å²) in [6.07, 6.45) is 2.43. The SMILES string of the molecule is O=C(Nc1cc(Cl)cc(Cl)c1)c1cocn1. The first-order chi connectivity index (χ1) is 7.65. The molecule has 0 aliphatic heterocycles. The van der Waals surface area contributed by atoms with Gasteiger partial charge in [-0.15, -0.1) is 0 Å². The molecule has 2 rings (SSSR count). The lowest BCUT2D eigenvalue weighted by Gasteiger charge is -2.03. The third-order valence-electron chi connectivity index (χ3n) is 1.79. The molecular formula is C10H6Cl2N2O2. The van der Waals surface area contributed by atoms with E-state index in [-0.39, 0.29) is 11.6 Å². The van der Waals surface area contributed by atoms with Crippen LogP contribution in [0, 0.1) is 0 Å². The Labute approximate surface area is 101 Å². The quantitative estimate of drug-likeness (QED) is 0.898. The number of anilines is 1. The summed E-state index contributed by atoms with van der Waals surface area (Å²) in [4.78, 5) is 15.3. The molecule has 0 radical (unpaired) electrons. The molecule has 1 heterocycles. The summed E-state index contributed by atoms with van der Waals surface area (Å²) in [5.74, 6) is -0.382. The van der Waals surface area contributed by atoms with E-state index in [1.807, 2.05) is 0 Å². The van der Waals surface area contributed by atoms with Gasteiger partial charge in [0.1, 0.15) is 6.26 Å². The highest BCUT2D eigenvalue weighted by Gasteiger charge is 2.09. The maximum atomic E-state index is 11.6. The highest BCUT2D eigenvalue weighted by Crippen LogP contribution is 2.22. The Morgan fingerprint density at radius 2 is 1.94 bits per heavy atom. The van der Waals surface area contributed by atoms with Crippen molar-refractivity contribution >= 4 is 34.8 Å². The number of hydrogen-bond donors (Lipinski definition) is 1. The Kier molecular flexibility index (Phi) is 3.12. The van der Waals surface area contributed by atoms with E-state index >= 15 is 0 Å². The standard InChI is InChI=1S/C10H6Cl2N2O2/c11-6-1-7(12)3-8(2-6)14-10(15)9-4-16-5-13-9/h1-5H,(H,14,15). The maximum Gasteiger partial charge on any atom is 0.277 e. The Bertz CT molecular complexity index is 491. The van der Waals surface area contributed by atoms with Gasteiger partial charge in [-0.1, -0.05) is 23.2 Å².